The molecule has 1 amide bonds. The van der Waals surface area contributed by atoms with Gasteiger partial charge in [0.1, 0.15) is 6.54 Å². The van der Waals surface area contributed by atoms with E-state index in [2.05, 4.69) is 9.98 Å². The second kappa shape index (κ2) is 13.0. The Labute approximate surface area is 261 Å². The van der Waals surface area contributed by atoms with E-state index in [9.17, 15) is 14.7 Å². The van der Waals surface area contributed by atoms with Crippen molar-refractivity contribution >= 4 is 40.1 Å². The van der Waals surface area contributed by atoms with Gasteiger partial charge in [-0.1, -0.05) is 41.6 Å². The summed E-state index contributed by atoms with van der Waals surface area (Å²) >= 11 is 2.53. The molecule has 4 rings (SSSR count). The summed E-state index contributed by atoms with van der Waals surface area (Å²) in [5.74, 6) is -0.438. The van der Waals surface area contributed by atoms with Crippen molar-refractivity contribution in [2.75, 3.05) is 13.6 Å². The van der Waals surface area contributed by atoms with E-state index in [0.29, 0.717) is 32.5 Å². The predicted octanol–water partition coefficient (Wildman–Crippen LogP) is 2.22. The molecule has 0 spiro atoms. The summed E-state index contributed by atoms with van der Waals surface area (Å²) in [5, 5.41) is 14.7. The standard InChI is InChI=1S/C27H25N3O3S2.K/c1-17-7-9-19(10-8-17)26-25(32)21(16-34-26)18(2)29-14-22(31)23-11-12-24(35-23)27(33)30(3)15-20-6-4-5-13-28-20;/h4-13,16,32H,14-15H2,1-3H3;/q;+1/p-1. The number of aryl methyl sites for hydroxylation is 1. The van der Waals surface area contributed by atoms with Crippen LogP contribution in [0.3, 0.4) is 0 Å². The van der Waals surface area contributed by atoms with Gasteiger partial charge in [0.15, 0.2) is 5.78 Å². The topological polar surface area (TPSA) is 85.7 Å². The van der Waals surface area contributed by atoms with Crippen LogP contribution in [0.25, 0.3) is 10.4 Å². The molecular weight excluding hydrogens is 518 g/mol. The number of ketones is 1. The average Bonchev–Trinajstić information content (AvgIpc) is 3.50. The van der Waals surface area contributed by atoms with Crippen LogP contribution >= 0.6 is 22.7 Å². The van der Waals surface area contributed by atoms with E-state index in [4.69, 9.17) is 0 Å². The average molecular weight is 542 g/mol. The zero-order valence-electron chi connectivity index (χ0n) is 20.6. The van der Waals surface area contributed by atoms with Crippen LogP contribution in [0.4, 0.5) is 0 Å². The van der Waals surface area contributed by atoms with E-state index < -0.39 is 0 Å². The molecule has 178 valence electrons. The van der Waals surface area contributed by atoms with Gasteiger partial charge >= 0.3 is 51.4 Å². The Kier molecular flexibility index (Phi) is 10.3. The number of pyridine rings is 1. The van der Waals surface area contributed by atoms with Gasteiger partial charge in [-0.3, -0.25) is 19.6 Å². The third-order valence-corrected chi connectivity index (χ3v) is 7.60. The summed E-state index contributed by atoms with van der Waals surface area (Å²) in [6.07, 6.45) is 1.69. The maximum atomic E-state index is 12.9. The largest absolute Gasteiger partial charge is 1.00 e. The van der Waals surface area contributed by atoms with Gasteiger partial charge in [0.05, 0.1) is 22.0 Å². The summed E-state index contributed by atoms with van der Waals surface area (Å²) in [6.45, 7) is 4.04. The Morgan fingerprint density at radius 3 is 2.47 bits per heavy atom. The van der Waals surface area contributed by atoms with Crippen molar-refractivity contribution in [2.24, 2.45) is 4.99 Å². The fourth-order valence-electron chi connectivity index (χ4n) is 3.45. The molecule has 3 heterocycles. The summed E-state index contributed by atoms with van der Waals surface area (Å²) in [7, 11) is 1.71. The maximum absolute atomic E-state index is 12.9. The number of amides is 1. The molecule has 0 fully saturated rings. The molecule has 0 aliphatic carbocycles. The van der Waals surface area contributed by atoms with Crippen molar-refractivity contribution in [1.82, 2.24) is 9.88 Å². The van der Waals surface area contributed by atoms with E-state index in [-0.39, 0.29) is 75.4 Å². The van der Waals surface area contributed by atoms with Crippen molar-refractivity contribution in [3.63, 3.8) is 0 Å². The Morgan fingerprint density at radius 1 is 1.06 bits per heavy atom. The van der Waals surface area contributed by atoms with Crippen LogP contribution in [0.1, 0.15) is 43.1 Å². The summed E-state index contributed by atoms with van der Waals surface area (Å²) < 4.78 is 0. The van der Waals surface area contributed by atoms with Gasteiger partial charge in [-0.15, -0.1) is 22.7 Å². The molecule has 1 aromatic carbocycles. The summed E-state index contributed by atoms with van der Waals surface area (Å²) in [4.78, 5) is 37.3. The van der Waals surface area contributed by atoms with Crippen LogP contribution in [0, 0.1) is 6.92 Å². The minimum Gasteiger partial charge on any atom is -0.871 e. The van der Waals surface area contributed by atoms with Crippen LogP contribution in [0.2, 0.25) is 0 Å². The van der Waals surface area contributed by atoms with Gasteiger partial charge in [-0.25, -0.2) is 0 Å². The van der Waals surface area contributed by atoms with Crippen LogP contribution in [-0.4, -0.2) is 40.9 Å². The van der Waals surface area contributed by atoms with Gasteiger partial charge < -0.3 is 10.0 Å². The Balaban J connectivity index is 0.00000361. The van der Waals surface area contributed by atoms with Crippen molar-refractivity contribution in [3.05, 3.63) is 92.7 Å². The molecular formula is C27H24KN3O3S2. The van der Waals surface area contributed by atoms with Crippen LogP contribution in [-0.2, 0) is 6.54 Å². The SMILES string of the molecule is CC(=NCC(=O)c1ccc(C(=O)N(C)Cc2ccccn2)s1)c1csc(-c2ccc(C)cc2)c1[O-].[K+]. The molecule has 0 saturated carbocycles. The number of hydrogen-bond acceptors (Lipinski definition) is 7. The fraction of sp³-hybridized carbons (Fsp3) is 0.185. The molecule has 0 atom stereocenters. The molecule has 0 saturated heterocycles. The van der Waals surface area contributed by atoms with Gasteiger partial charge in [0.25, 0.3) is 5.91 Å². The minimum absolute atomic E-state index is 0. The third-order valence-electron chi connectivity index (χ3n) is 5.47. The van der Waals surface area contributed by atoms with E-state index in [1.165, 1.54) is 11.3 Å². The van der Waals surface area contributed by atoms with E-state index in [1.54, 1.807) is 42.6 Å². The fourth-order valence-corrected chi connectivity index (χ4v) is 5.38. The molecule has 0 bridgehead atoms. The zero-order chi connectivity index (χ0) is 24.9. The first-order valence-electron chi connectivity index (χ1n) is 11.0. The number of carbonyl (C=O) groups excluding carboxylic acids is 2. The van der Waals surface area contributed by atoms with Crippen molar-refractivity contribution in [3.8, 4) is 16.2 Å². The molecule has 0 N–H and O–H groups in total. The number of hydrogen-bond donors (Lipinski definition) is 0. The molecule has 3 aromatic heterocycles. The van der Waals surface area contributed by atoms with Crippen molar-refractivity contribution in [2.45, 2.75) is 20.4 Å². The molecule has 4 aromatic rings. The number of Topliss-reactive ketones (excluding diaryl/α,β-unsaturated/α-hetero) is 1. The number of carbonyl (C=O) groups is 2. The molecule has 36 heavy (non-hydrogen) atoms. The second-order valence-electron chi connectivity index (χ2n) is 8.14. The van der Waals surface area contributed by atoms with E-state index in [0.717, 1.165) is 28.2 Å². The smallest absolute Gasteiger partial charge is 0.871 e. The third kappa shape index (κ3) is 6.86. The Morgan fingerprint density at radius 2 is 1.78 bits per heavy atom. The predicted molar refractivity (Wildman–Crippen MR) is 140 cm³/mol. The van der Waals surface area contributed by atoms with E-state index >= 15 is 0 Å². The number of rotatable bonds is 8. The number of nitrogens with zero attached hydrogens (tertiary/aromatic N) is 3. The number of thiophene rings is 2. The van der Waals surface area contributed by atoms with Crippen LogP contribution < -0.4 is 56.5 Å². The Bertz CT molecular complexity index is 1380. The van der Waals surface area contributed by atoms with Gasteiger partial charge in [0, 0.05) is 23.8 Å². The van der Waals surface area contributed by atoms with E-state index in [1.807, 2.05) is 49.4 Å². The summed E-state index contributed by atoms with van der Waals surface area (Å²) in [5.41, 5.74) is 3.84. The molecule has 0 aliphatic heterocycles. The van der Waals surface area contributed by atoms with Crippen LogP contribution in [0.5, 0.6) is 5.75 Å². The first-order valence-corrected chi connectivity index (χ1v) is 12.7. The van der Waals surface area contributed by atoms with Crippen molar-refractivity contribution in [1.29, 1.82) is 0 Å². The summed E-state index contributed by atoms with van der Waals surface area (Å²) in [6, 6.07) is 16.7. The van der Waals surface area contributed by atoms with Crippen molar-refractivity contribution < 1.29 is 66.1 Å². The van der Waals surface area contributed by atoms with Gasteiger partial charge in [-0.2, -0.15) is 0 Å². The number of aliphatic imine (C=N–C) groups is 1. The molecule has 0 unspecified atom stereocenters. The second-order valence-corrected chi connectivity index (χ2v) is 10.1. The number of aromatic nitrogens is 1. The normalized spacial score (nSPS) is 11.1. The molecule has 9 heteroatoms. The monoisotopic (exact) mass is 541 g/mol. The first-order chi connectivity index (χ1) is 16.8. The molecule has 6 nitrogen and oxygen atoms in total. The molecule has 0 radical (unpaired) electrons. The van der Waals surface area contributed by atoms with Crippen LogP contribution in [0.15, 0.2) is 71.2 Å². The number of benzene rings is 1. The zero-order valence-corrected chi connectivity index (χ0v) is 25.4. The van der Waals surface area contributed by atoms with Gasteiger partial charge in [-0.05, 0) is 54.6 Å². The molecule has 0 aliphatic rings. The first kappa shape index (κ1) is 28.6. The van der Waals surface area contributed by atoms with Gasteiger partial charge in [0.2, 0.25) is 0 Å². The minimum atomic E-state index is -0.192. The Hall–Kier alpha value is -1.98. The maximum Gasteiger partial charge on any atom is 1.00 e. The quantitative estimate of drug-likeness (QED) is 0.195.